The van der Waals surface area contributed by atoms with Gasteiger partial charge in [-0.15, -0.1) is 0 Å². The van der Waals surface area contributed by atoms with Crippen molar-refractivity contribution >= 4 is 6.09 Å². The Morgan fingerprint density at radius 2 is 1.87 bits per heavy atom. The highest BCUT2D eigenvalue weighted by atomic mass is 16.6. The Labute approximate surface area is 136 Å². The number of carbonyl (C=O) groups excluding carboxylic acids is 1. The maximum atomic E-state index is 12.1. The van der Waals surface area contributed by atoms with Crippen molar-refractivity contribution in [2.45, 2.75) is 44.9 Å². The summed E-state index contributed by atoms with van der Waals surface area (Å²) in [6.07, 6.45) is 0.629. The van der Waals surface area contributed by atoms with Gasteiger partial charge in [-0.2, -0.15) is 0 Å². The van der Waals surface area contributed by atoms with E-state index in [0.717, 1.165) is 5.56 Å². The van der Waals surface area contributed by atoms with E-state index in [-0.39, 0.29) is 0 Å². The molecule has 1 heterocycles. The number of carbonyl (C=O) groups is 1. The van der Waals surface area contributed by atoms with Gasteiger partial charge in [-0.05, 0) is 44.4 Å². The summed E-state index contributed by atoms with van der Waals surface area (Å²) in [5, 5.41) is 10.7. The summed E-state index contributed by atoms with van der Waals surface area (Å²) >= 11 is 0. The van der Waals surface area contributed by atoms with Crippen LogP contribution in [-0.2, 0) is 11.2 Å². The molecule has 0 saturated carbocycles. The van der Waals surface area contributed by atoms with Crippen LogP contribution in [0.2, 0.25) is 0 Å². The van der Waals surface area contributed by atoms with Crippen LogP contribution >= 0.6 is 0 Å². The van der Waals surface area contributed by atoms with Gasteiger partial charge in [0.15, 0.2) is 22.8 Å². The van der Waals surface area contributed by atoms with Crippen LogP contribution in [0.15, 0.2) is 18.2 Å². The number of hydrogen-bond donors (Lipinski definition) is 1. The van der Waals surface area contributed by atoms with E-state index >= 15 is 0 Å². The van der Waals surface area contributed by atoms with Gasteiger partial charge in [0, 0.05) is 6.54 Å². The van der Waals surface area contributed by atoms with E-state index in [1.807, 2.05) is 25.1 Å². The number of methoxy groups -OCH3 is 2. The van der Waals surface area contributed by atoms with E-state index in [1.165, 1.54) is 4.90 Å². The number of benzene rings is 1. The topological polar surface area (TPSA) is 68.2 Å². The van der Waals surface area contributed by atoms with Crippen molar-refractivity contribution in [2.24, 2.45) is 0 Å². The Morgan fingerprint density at radius 1 is 1.22 bits per heavy atom. The third-order valence-electron chi connectivity index (χ3n) is 4.81. The molecule has 2 rings (SSSR count). The normalized spacial score (nSPS) is 27.0. The van der Waals surface area contributed by atoms with Gasteiger partial charge in [0.25, 0.3) is 0 Å². The molecule has 6 heteroatoms. The third kappa shape index (κ3) is 2.95. The number of ether oxygens (including phenoxy) is 3. The molecule has 0 bridgehead atoms. The maximum Gasteiger partial charge on any atom is 0.412 e. The number of cyclic esters (lactones) is 1. The van der Waals surface area contributed by atoms with E-state index < -0.39 is 17.4 Å². The van der Waals surface area contributed by atoms with Crippen molar-refractivity contribution in [2.75, 3.05) is 20.8 Å². The van der Waals surface area contributed by atoms with Crippen molar-refractivity contribution in [3.05, 3.63) is 23.8 Å². The second kappa shape index (κ2) is 6.28. The highest BCUT2D eigenvalue weighted by Gasteiger charge is 2.57. The third-order valence-corrected chi connectivity index (χ3v) is 4.81. The zero-order valence-corrected chi connectivity index (χ0v) is 14.4. The zero-order valence-electron chi connectivity index (χ0n) is 14.4. The van der Waals surface area contributed by atoms with Gasteiger partial charge < -0.3 is 19.3 Å². The predicted octanol–water partition coefficient (Wildman–Crippen LogP) is 2.58. The van der Waals surface area contributed by atoms with Crippen LogP contribution in [0, 0.1) is 0 Å². The zero-order chi connectivity index (χ0) is 17.3. The minimum absolute atomic E-state index is 0.358. The van der Waals surface area contributed by atoms with Gasteiger partial charge in [-0.25, -0.2) is 4.79 Å². The van der Waals surface area contributed by atoms with Gasteiger partial charge in [-0.3, -0.25) is 4.90 Å². The lowest BCUT2D eigenvalue weighted by atomic mass is 9.90. The lowest BCUT2D eigenvalue weighted by Gasteiger charge is -2.36. The molecule has 128 valence electrons. The first kappa shape index (κ1) is 17.4. The molecule has 1 saturated heterocycles. The highest BCUT2D eigenvalue weighted by molar-refractivity contribution is 5.72. The molecular weight excluding hydrogens is 298 g/mol. The quantitative estimate of drug-likeness (QED) is 0.871. The SMILES string of the molecule is CC[C@]1(C)OC(=O)N(CCc2ccc(OC)c(OC)c2)[C@]1(C)O. The second-order valence-corrected chi connectivity index (χ2v) is 6.06. The predicted molar refractivity (Wildman–Crippen MR) is 85.8 cm³/mol. The number of hydrogen-bond acceptors (Lipinski definition) is 5. The second-order valence-electron chi connectivity index (χ2n) is 6.06. The van der Waals surface area contributed by atoms with Gasteiger partial charge in [-0.1, -0.05) is 13.0 Å². The van der Waals surface area contributed by atoms with Crippen LogP contribution in [0.1, 0.15) is 32.8 Å². The van der Waals surface area contributed by atoms with Crippen LogP contribution in [0.25, 0.3) is 0 Å². The molecule has 1 aromatic rings. The first-order valence-electron chi connectivity index (χ1n) is 7.73. The number of nitrogens with zero attached hydrogens (tertiary/aromatic N) is 1. The van der Waals surface area contributed by atoms with Gasteiger partial charge in [0.05, 0.1) is 14.2 Å². The lowest BCUT2D eigenvalue weighted by Crippen LogP contribution is -2.55. The minimum atomic E-state index is -1.34. The highest BCUT2D eigenvalue weighted by Crippen LogP contribution is 2.39. The monoisotopic (exact) mass is 323 g/mol. The van der Waals surface area contributed by atoms with Crippen LogP contribution in [0.3, 0.4) is 0 Å². The van der Waals surface area contributed by atoms with Gasteiger partial charge in [0.1, 0.15) is 0 Å². The fourth-order valence-corrected chi connectivity index (χ4v) is 2.80. The van der Waals surface area contributed by atoms with Gasteiger partial charge in [0.2, 0.25) is 0 Å². The van der Waals surface area contributed by atoms with E-state index in [0.29, 0.717) is 30.9 Å². The molecule has 1 amide bonds. The molecule has 23 heavy (non-hydrogen) atoms. The molecule has 0 aromatic heterocycles. The smallest absolute Gasteiger partial charge is 0.412 e. The largest absolute Gasteiger partial charge is 0.493 e. The summed E-state index contributed by atoms with van der Waals surface area (Å²) in [4.78, 5) is 13.5. The Balaban J connectivity index is 2.13. The standard InChI is InChI=1S/C17H25NO5/c1-6-16(2)17(3,20)18(15(19)23-16)10-9-12-7-8-13(21-4)14(11-12)22-5/h7-8,11,20H,6,9-10H2,1-5H3/t16-,17+/m0/s1. The van der Waals surface area contributed by atoms with E-state index in [2.05, 4.69) is 0 Å². The van der Waals surface area contributed by atoms with Crippen molar-refractivity contribution in [3.8, 4) is 11.5 Å². The summed E-state index contributed by atoms with van der Waals surface area (Å²) < 4.78 is 15.9. The van der Waals surface area contributed by atoms with Crippen LogP contribution in [-0.4, -0.2) is 48.2 Å². The van der Waals surface area contributed by atoms with Crippen molar-refractivity contribution in [1.82, 2.24) is 4.90 Å². The average molecular weight is 323 g/mol. The molecule has 0 spiro atoms. The Bertz CT molecular complexity index is 586. The van der Waals surface area contributed by atoms with Crippen LogP contribution < -0.4 is 9.47 Å². The van der Waals surface area contributed by atoms with Crippen LogP contribution in [0.4, 0.5) is 4.79 Å². The van der Waals surface area contributed by atoms with E-state index in [9.17, 15) is 9.90 Å². The van der Waals surface area contributed by atoms with Crippen molar-refractivity contribution < 1.29 is 24.1 Å². The number of amides is 1. The van der Waals surface area contributed by atoms with E-state index in [4.69, 9.17) is 14.2 Å². The molecular formula is C17H25NO5. The summed E-state index contributed by atoms with van der Waals surface area (Å²) in [5.74, 6) is 1.29. The summed E-state index contributed by atoms with van der Waals surface area (Å²) in [7, 11) is 3.16. The molecule has 0 aliphatic carbocycles. The molecule has 1 aromatic carbocycles. The molecule has 0 radical (unpaired) electrons. The molecule has 2 atom stereocenters. The Kier molecular flexibility index (Phi) is 4.75. The first-order chi connectivity index (χ1) is 10.8. The molecule has 0 unspecified atom stereocenters. The fourth-order valence-electron chi connectivity index (χ4n) is 2.80. The molecule has 6 nitrogen and oxygen atoms in total. The summed E-state index contributed by atoms with van der Waals surface area (Å²) in [6.45, 7) is 5.62. The summed E-state index contributed by atoms with van der Waals surface area (Å²) in [6, 6.07) is 5.61. The molecule has 1 aliphatic heterocycles. The molecule has 1 N–H and O–H groups in total. The first-order valence-corrected chi connectivity index (χ1v) is 7.73. The van der Waals surface area contributed by atoms with Crippen molar-refractivity contribution in [1.29, 1.82) is 0 Å². The number of aliphatic hydroxyl groups is 1. The van der Waals surface area contributed by atoms with Crippen LogP contribution in [0.5, 0.6) is 11.5 Å². The Hall–Kier alpha value is -1.95. The number of rotatable bonds is 6. The van der Waals surface area contributed by atoms with Crippen molar-refractivity contribution in [3.63, 3.8) is 0 Å². The average Bonchev–Trinajstić information content (AvgIpc) is 2.70. The van der Waals surface area contributed by atoms with E-state index in [1.54, 1.807) is 28.1 Å². The Morgan fingerprint density at radius 3 is 2.39 bits per heavy atom. The fraction of sp³-hybridized carbons (Fsp3) is 0.588. The minimum Gasteiger partial charge on any atom is -0.493 e. The van der Waals surface area contributed by atoms with Gasteiger partial charge >= 0.3 is 6.09 Å². The molecule has 1 fully saturated rings. The maximum absolute atomic E-state index is 12.1. The molecule has 1 aliphatic rings. The summed E-state index contributed by atoms with van der Waals surface area (Å²) in [5.41, 5.74) is -1.26. The lowest BCUT2D eigenvalue weighted by molar-refractivity contribution is -0.137.